The van der Waals surface area contributed by atoms with Gasteiger partial charge in [0.1, 0.15) is 24.8 Å². The Labute approximate surface area is 154 Å². The molecule has 0 aliphatic carbocycles. The predicted octanol–water partition coefficient (Wildman–Crippen LogP) is 3.53. The zero-order valence-corrected chi connectivity index (χ0v) is 14.2. The lowest BCUT2D eigenvalue weighted by molar-refractivity contribution is 0.238. The summed E-state index contributed by atoms with van der Waals surface area (Å²) in [5.74, 6) is 5.57. The molecule has 0 saturated carbocycles. The van der Waals surface area contributed by atoms with Crippen LogP contribution < -0.4 is 0 Å². The molecule has 5 nitrogen and oxygen atoms in total. The van der Waals surface area contributed by atoms with Crippen LogP contribution in [-0.2, 0) is 0 Å². The molecule has 0 radical (unpaired) electrons. The Balaban J connectivity index is 1.89. The summed E-state index contributed by atoms with van der Waals surface area (Å²) in [4.78, 5) is 3.86. The zero-order chi connectivity index (χ0) is 17.8. The van der Waals surface area contributed by atoms with Crippen LogP contribution in [0.25, 0.3) is 5.69 Å². The number of rotatable bonds is 2. The molecule has 3 rings (SSSR count). The normalized spacial score (nSPS) is 11.3. The summed E-state index contributed by atoms with van der Waals surface area (Å²) < 4.78 is 1.50. The van der Waals surface area contributed by atoms with Gasteiger partial charge in [0.05, 0.1) is 11.3 Å². The first-order valence-electron chi connectivity index (χ1n) is 7.11. The highest BCUT2D eigenvalue weighted by Crippen LogP contribution is 2.23. The number of aliphatic hydroxyl groups is 1. The largest absolute Gasteiger partial charge is 0.376 e. The van der Waals surface area contributed by atoms with E-state index in [1.54, 1.807) is 36.4 Å². The third-order valence-electron chi connectivity index (χ3n) is 3.34. The second-order valence-electron chi connectivity index (χ2n) is 5.06. The van der Waals surface area contributed by atoms with Crippen LogP contribution in [0.3, 0.4) is 0 Å². The van der Waals surface area contributed by atoms with Gasteiger partial charge in [-0.2, -0.15) is 10.4 Å². The van der Waals surface area contributed by atoms with E-state index in [1.807, 2.05) is 0 Å². The van der Waals surface area contributed by atoms with Gasteiger partial charge in [0.2, 0.25) is 0 Å². The fraction of sp³-hybridized carbons (Fsp3) is 0.0556. The third-order valence-corrected chi connectivity index (χ3v) is 3.77. The van der Waals surface area contributed by atoms with E-state index in [-0.39, 0.29) is 0 Å². The van der Waals surface area contributed by atoms with Crippen molar-refractivity contribution in [2.45, 2.75) is 6.10 Å². The van der Waals surface area contributed by atoms with Crippen LogP contribution in [0.2, 0.25) is 10.0 Å². The van der Waals surface area contributed by atoms with Crippen LogP contribution in [0.15, 0.2) is 49.1 Å². The Bertz CT molecular complexity index is 994. The van der Waals surface area contributed by atoms with E-state index in [0.717, 1.165) is 0 Å². The minimum atomic E-state index is -1.04. The number of aliphatic hydroxyl groups excluding tert-OH is 1. The quantitative estimate of drug-likeness (QED) is 0.702. The van der Waals surface area contributed by atoms with Crippen molar-refractivity contribution in [3.05, 3.63) is 75.8 Å². The Morgan fingerprint density at radius 2 is 1.88 bits per heavy atom. The molecule has 1 N–H and O–H groups in total. The van der Waals surface area contributed by atoms with Crippen molar-refractivity contribution in [1.82, 2.24) is 14.8 Å². The van der Waals surface area contributed by atoms with Gasteiger partial charge >= 0.3 is 0 Å². The molecule has 0 fully saturated rings. The molecule has 0 aliphatic heterocycles. The Kier molecular flexibility index (Phi) is 5.02. The molecule has 0 saturated heterocycles. The maximum atomic E-state index is 10.2. The van der Waals surface area contributed by atoms with Gasteiger partial charge in [0.25, 0.3) is 0 Å². The Morgan fingerprint density at radius 1 is 1.12 bits per heavy atom. The SMILES string of the molecule is N#Cc1cc(C#CC(O)c2cc(Cl)cc(Cl)c2)ccc1-n1cncn1. The molecular formula is C18H10Cl2N4O. The fourth-order valence-corrected chi connectivity index (χ4v) is 2.75. The highest BCUT2D eigenvalue weighted by molar-refractivity contribution is 6.34. The average Bonchev–Trinajstić information content (AvgIpc) is 3.13. The number of hydrogen-bond acceptors (Lipinski definition) is 4. The van der Waals surface area contributed by atoms with Crippen LogP contribution in [0.5, 0.6) is 0 Å². The summed E-state index contributed by atoms with van der Waals surface area (Å²) in [6.45, 7) is 0. The van der Waals surface area contributed by atoms with Gasteiger partial charge < -0.3 is 5.11 Å². The van der Waals surface area contributed by atoms with E-state index in [4.69, 9.17) is 23.2 Å². The lowest BCUT2D eigenvalue weighted by atomic mass is 10.1. The van der Waals surface area contributed by atoms with Gasteiger partial charge in [-0.15, -0.1) is 0 Å². The third kappa shape index (κ3) is 3.99. The van der Waals surface area contributed by atoms with E-state index in [2.05, 4.69) is 28.0 Å². The van der Waals surface area contributed by atoms with Gasteiger partial charge in [-0.3, -0.25) is 0 Å². The molecule has 122 valence electrons. The number of benzene rings is 2. The number of aromatic nitrogens is 3. The molecule has 1 atom stereocenters. The molecule has 1 heterocycles. The van der Waals surface area contributed by atoms with Crippen molar-refractivity contribution in [2.24, 2.45) is 0 Å². The highest BCUT2D eigenvalue weighted by atomic mass is 35.5. The van der Waals surface area contributed by atoms with E-state index >= 15 is 0 Å². The van der Waals surface area contributed by atoms with Crippen LogP contribution in [0, 0.1) is 23.2 Å². The lowest BCUT2D eigenvalue weighted by Crippen LogP contribution is -1.98. The van der Waals surface area contributed by atoms with Crippen LogP contribution in [-0.4, -0.2) is 19.9 Å². The van der Waals surface area contributed by atoms with Crippen LogP contribution in [0.4, 0.5) is 0 Å². The Hall–Kier alpha value is -2.83. The number of hydrogen-bond donors (Lipinski definition) is 1. The summed E-state index contributed by atoms with van der Waals surface area (Å²) >= 11 is 11.8. The molecule has 0 bridgehead atoms. The molecule has 0 amide bonds. The maximum absolute atomic E-state index is 10.2. The summed E-state index contributed by atoms with van der Waals surface area (Å²) in [6, 6.07) is 12.0. The first kappa shape index (κ1) is 17.0. The van der Waals surface area contributed by atoms with Crippen LogP contribution in [0.1, 0.15) is 22.8 Å². The summed E-state index contributed by atoms with van der Waals surface area (Å²) in [5, 5.41) is 24.4. The minimum Gasteiger partial charge on any atom is -0.376 e. The molecule has 1 aromatic heterocycles. The van der Waals surface area contributed by atoms with E-state index in [9.17, 15) is 10.4 Å². The van der Waals surface area contributed by atoms with Crippen molar-refractivity contribution in [3.8, 4) is 23.6 Å². The summed E-state index contributed by atoms with van der Waals surface area (Å²) in [5.41, 5.74) is 2.10. The van der Waals surface area contributed by atoms with Crippen molar-refractivity contribution in [3.63, 3.8) is 0 Å². The fourth-order valence-electron chi connectivity index (χ4n) is 2.20. The van der Waals surface area contributed by atoms with Gasteiger partial charge in [-0.05, 0) is 42.0 Å². The number of halogens is 2. The van der Waals surface area contributed by atoms with Crippen molar-refractivity contribution in [2.75, 3.05) is 0 Å². The van der Waals surface area contributed by atoms with E-state index in [1.165, 1.54) is 17.3 Å². The number of nitriles is 1. The molecular weight excluding hydrogens is 359 g/mol. The first-order valence-corrected chi connectivity index (χ1v) is 7.87. The molecule has 3 aromatic rings. The van der Waals surface area contributed by atoms with E-state index < -0.39 is 6.10 Å². The van der Waals surface area contributed by atoms with Crippen molar-refractivity contribution in [1.29, 1.82) is 5.26 Å². The topological polar surface area (TPSA) is 74.7 Å². The van der Waals surface area contributed by atoms with Gasteiger partial charge in [-0.1, -0.05) is 35.0 Å². The molecule has 25 heavy (non-hydrogen) atoms. The first-order chi connectivity index (χ1) is 12.1. The molecule has 1 unspecified atom stereocenters. The van der Waals surface area contributed by atoms with Gasteiger partial charge in [-0.25, -0.2) is 9.67 Å². The van der Waals surface area contributed by atoms with Crippen molar-refractivity contribution >= 4 is 23.2 Å². The standard InChI is InChI=1S/C18H10Cl2N4O/c19-15-6-13(7-16(20)8-15)18(25)4-2-12-1-3-17(14(5-12)9-21)24-11-22-10-23-24/h1,3,5-8,10-11,18,25H. The maximum Gasteiger partial charge on any atom is 0.140 e. The summed E-state index contributed by atoms with van der Waals surface area (Å²) in [6.07, 6.45) is 1.85. The minimum absolute atomic E-state index is 0.401. The smallest absolute Gasteiger partial charge is 0.140 e. The van der Waals surface area contributed by atoms with E-state index in [0.29, 0.717) is 32.4 Å². The molecule has 7 heteroatoms. The zero-order valence-electron chi connectivity index (χ0n) is 12.7. The molecule has 2 aromatic carbocycles. The molecule has 0 aliphatic rings. The average molecular weight is 369 g/mol. The van der Waals surface area contributed by atoms with Crippen LogP contribution >= 0.6 is 23.2 Å². The second-order valence-corrected chi connectivity index (χ2v) is 5.93. The van der Waals surface area contributed by atoms with Crippen molar-refractivity contribution < 1.29 is 5.11 Å². The molecule has 0 spiro atoms. The lowest BCUT2D eigenvalue weighted by Gasteiger charge is -2.05. The Morgan fingerprint density at radius 3 is 2.52 bits per heavy atom. The number of nitrogens with zero attached hydrogens (tertiary/aromatic N) is 4. The highest BCUT2D eigenvalue weighted by Gasteiger charge is 2.08. The summed E-state index contributed by atoms with van der Waals surface area (Å²) in [7, 11) is 0. The van der Waals surface area contributed by atoms with Gasteiger partial charge in [0, 0.05) is 15.6 Å². The predicted molar refractivity (Wildman–Crippen MR) is 94.4 cm³/mol. The van der Waals surface area contributed by atoms with Gasteiger partial charge in [0.15, 0.2) is 0 Å². The second kappa shape index (κ2) is 7.38. The monoisotopic (exact) mass is 368 g/mol.